The number of benzene rings is 1. The third-order valence-corrected chi connectivity index (χ3v) is 5.76. The van der Waals surface area contributed by atoms with Crippen molar-refractivity contribution < 1.29 is 18.0 Å². The van der Waals surface area contributed by atoms with Gasteiger partial charge in [0.25, 0.3) is 0 Å². The fourth-order valence-electron chi connectivity index (χ4n) is 3.31. The van der Waals surface area contributed by atoms with Crippen LogP contribution in [0.25, 0.3) is 5.69 Å². The first-order valence-electron chi connectivity index (χ1n) is 8.94. The van der Waals surface area contributed by atoms with Gasteiger partial charge in [-0.2, -0.15) is 18.2 Å². The average Bonchev–Trinajstić information content (AvgIpc) is 3.01. The number of alkyl halides is 3. The molecule has 1 aromatic heterocycles. The molecule has 1 aromatic carbocycles. The van der Waals surface area contributed by atoms with Crippen molar-refractivity contribution in [3.05, 3.63) is 45.7 Å². The molecule has 1 fully saturated rings. The normalized spacial score (nSPS) is 16.6. The minimum atomic E-state index is -4.38. The van der Waals surface area contributed by atoms with E-state index < -0.39 is 11.7 Å². The second-order valence-electron chi connectivity index (χ2n) is 6.84. The summed E-state index contributed by atoms with van der Waals surface area (Å²) in [5, 5.41) is 0. The molecule has 1 aliphatic rings. The third kappa shape index (κ3) is 4.61. The quantitative estimate of drug-likeness (QED) is 0.690. The molecule has 0 radical (unpaired) electrons. The lowest BCUT2D eigenvalue weighted by atomic mass is 9.95. The fourth-order valence-corrected chi connectivity index (χ4v) is 4.14. The SMILES string of the molecule is Cc1cn(-c2ccc(C(F)(F)F)cc2)c(=NC(=O)N(C)C2CCCCC2)s1. The second kappa shape index (κ2) is 7.88. The van der Waals surface area contributed by atoms with Crippen molar-refractivity contribution in [2.24, 2.45) is 4.99 Å². The van der Waals surface area contributed by atoms with E-state index in [1.54, 1.807) is 22.7 Å². The van der Waals surface area contributed by atoms with E-state index in [1.807, 2.05) is 6.92 Å². The molecule has 2 amide bonds. The third-order valence-electron chi connectivity index (χ3n) is 4.86. The summed E-state index contributed by atoms with van der Waals surface area (Å²) < 4.78 is 40.0. The van der Waals surface area contributed by atoms with Gasteiger partial charge in [-0.1, -0.05) is 19.3 Å². The maximum Gasteiger partial charge on any atom is 0.416 e. The number of aromatic nitrogens is 1. The largest absolute Gasteiger partial charge is 0.416 e. The summed E-state index contributed by atoms with van der Waals surface area (Å²) in [6, 6.07) is 4.75. The Kier molecular flexibility index (Phi) is 5.74. The molecule has 4 nitrogen and oxygen atoms in total. The second-order valence-corrected chi connectivity index (χ2v) is 8.05. The molecule has 27 heavy (non-hydrogen) atoms. The summed E-state index contributed by atoms with van der Waals surface area (Å²) in [4.78, 5) is 19.9. The number of carbonyl (C=O) groups excluding carboxylic acids is 1. The van der Waals surface area contributed by atoms with Gasteiger partial charge in [0.05, 0.1) is 5.56 Å². The van der Waals surface area contributed by atoms with E-state index in [1.165, 1.54) is 29.9 Å². The number of hydrogen-bond acceptors (Lipinski definition) is 2. The van der Waals surface area contributed by atoms with E-state index in [0.29, 0.717) is 10.5 Å². The van der Waals surface area contributed by atoms with Crippen molar-refractivity contribution in [3.63, 3.8) is 0 Å². The van der Waals surface area contributed by atoms with E-state index in [0.717, 1.165) is 42.7 Å². The lowest BCUT2D eigenvalue weighted by molar-refractivity contribution is -0.137. The highest BCUT2D eigenvalue weighted by Gasteiger charge is 2.30. The van der Waals surface area contributed by atoms with E-state index in [4.69, 9.17) is 0 Å². The Balaban J connectivity index is 1.89. The van der Waals surface area contributed by atoms with Crippen molar-refractivity contribution in [2.75, 3.05) is 7.05 Å². The Labute approximate surface area is 160 Å². The van der Waals surface area contributed by atoms with Crippen molar-refractivity contribution in [2.45, 2.75) is 51.2 Å². The number of hydrogen-bond donors (Lipinski definition) is 0. The molecule has 0 spiro atoms. The van der Waals surface area contributed by atoms with Gasteiger partial charge in [-0.15, -0.1) is 11.3 Å². The van der Waals surface area contributed by atoms with Crippen molar-refractivity contribution in [3.8, 4) is 5.69 Å². The highest BCUT2D eigenvalue weighted by atomic mass is 32.1. The van der Waals surface area contributed by atoms with Crippen LogP contribution < -0.4 is 4.80 Å². The zero-order chi connectivity index (χ0) is 19.6. The molecule has 1 saturated carbocycles. The van der Waals surface area contributed by atoms with Gasteiger partial charge in [-0.05, 0) is 44.0 Å². The predicted molar refractivity (Wildman–Crippen MR) is 99.0 cm³/mol. The van der Waals surface area contributed by atoms with Crippen LogP contribution in [-0.4, -0.2) is 28.6 Å². The number of thiazole rings is 1. The van der Waals surface area contributed by atoms with Crippen LogP contribution >= 0.6 is 11.3 Å². The van der Waals surface area contributed by atoms with Gasteiger partial charge in [-0.25, -0.2) is 4.79 Å². The molecular formula is C19H22F3N3OS. The molecule has 146 valence electrons. The van der Waals surface area contributed by atoms with Crippen LogP contribution in [0.1, 0.15) is 42.5 Å². The summed E-state index contributed by atoms with van der Waals surface area (Å²) >= 11 is 1.34. The summed E-state index contributed by atoms with van der Waals surface area (Å²) in [6.07, 6.45) is 2.81. The summed E-state index contributed by atoms with van der Waals surface area (Å²) in [5.41, 5.74) is -0.162. The maximum absolute atomic E-state index is 12.8. The molecule has 0 saturated heterocycles. The zero-order valence-electron chi connectivity index (χ0n) is 15.3. The molecule has 0 aliphatic heterocycles. The Hall–Kier alpha value is -2.09. The molecule has 1 heterocycles. The molecule has 0 atom stereocenters. The fraction of sp³-hybridized carbons (Fsp3) is 0.474. The molecule has 0 unspecified atom stereocenters. The number of aryl methyl sites for hydroxylation is 1. The first-order valence-corrected chi connectivity index (χ1v) is 9.75. The standard InChI is InChI=1S/C19H22F3N3OS/c1-13-12-25(16-10-8-14(9-11-16)19(20,21)22)18(27-13)23-17(26)24(2)15-6-4-3-5-7-15/h8-12,15H,3-7H2,1-2H3. The van der Waals surface area contributed by atoms with Crippen LogP contribution in [0.3, 0.4) is 0 Å². The first-order chi connectivity index (χ1) is 12.8. The van der Waals surface area contributed by atoms with Gasteiger partial charge in [-0.3, -0.25) is 4.57 Å². The number of amides is 2. The van der Waals surface area contributed by atoms with Gasteiger partial charge in [0.15, 0.2) is 4.80 Å². The Morgan fingerprint density at radius 2 is 1.81 bits per heavy atom. The Morgan fingerprint density at radius 1 is 1.19 bits per heavy atom. The van der Waals surface area contributed by atoms with E-state index in [2.05, 4.69) is 4.99 Å². The minimum absolute atomic E-state index is 0.204. The minimum Gasteiger partial charge on any atom is -0.323 e. The average molecular weight is 397 g/mol. The van der Waals surface area contributed by atoms with Gasteiger partial charge in [0, 0.05) is 29.9 Å². The van der Waals surface area contributed by atoms with Crippen LogP contribution in [-0.2, 0) is 6.18 Å². The van der Waals surface area contributed by atoms with Crippen molar-refractivity contribution in [1.29, 1.82) is 0 Å². The topological polar surface area (TPSA) is 37.6 Å². The maximum atomic E-state index is 12.8. The summed E-state index contributed by atoms with van der Waals surface area (Å²) in [7, 11) is 1.77. The zero-order valence-corrected chi connectivity index (χ0v) is 16.1. The summed E-state index contributed by atoms with van der Waals surface area (Å²) in [5.74, 6) is 0. The van der Waals surface area contributed by atoms with E-state index >= 15 is 0 Å². The number of halogens is 3. The Morgan fingerprint density at radius 3 is 2.41 bits per heavy atom. The van der Waals surface area contributed by atoms with E-state index in [9.17, 15) is 18.0 Å². The molecule has 0 N–H and O–H groups in total. The smallest absolute Gasteiger partial charge is 0.323 e. The van der Waals surface area contributed by atoms with Gasteiger partial charge in [0.1, 0.15) is 0 Å². The van der Waals surface area contributed by atoms with Crippen LogP contribution in [0.4, 0.5) is 18.0 Å². The highest BCUT2D eigenvalue weighted by Crippen LogP contribution is 2.29. The van der Waals surface area contributed by atoms with Crippen molar-refractivity contribution in [1.82, 2.24) is 9.47 Å². The first kappa shape index (κ1) is 19.7. The van der Waals surface area contributed by atoms with E-state index in [-0.39, 0.29) is 12.1 Å². The van der Waals surface area contributed by atoms with Crippen LogP contribution in [0.15, 0.2) is 35.5 Å². The number of carbonyl (C=O) groups is 1. The van der Waals surface area contributed by atoms with Gasteiger partial charge < -0.3 is 4.90 Å². The van der Waals surface area contributed by atoms with Gasteiger partial charge in [0.2, 0.25) is 0 Å². The molecule has 3 rings (SSSR count). The molecule has 8 heteroatoms. The lowest BCUT2D eigenvalue weighted by Crippen LogP contribution is -2.37. The van der Waals surface area contributed by atoms with Crippen LogP contribution in [0, 0.1) is 6.92 Å². The van der Waals surface area contributed by atoms with Crippen molar-refractivity contribution >= 4 is 17.4 Å². The predicted octanol–water partition coefficient (Wildman–Crippen LogP) is 5.15. The van der Waals surface area contributed by atoms with Crippen LogP contribution in [0.5, 0.6) is 0 Å². The number of urea groups is 1. The molecule has 2 aromatic rings. The monoisotopic (exact) mass is 397 g/mol. The van der Waals surface area contributed by atoms with Gasteiger partial charge >= 0.3 is 12.2 Å². The van der Waals surface area contributed by atoms with Crippen LogP contribution in [0.2, 0.25) is 0 Å². The molecular weight excluding hydrogens is 375 g/mol. The lowest BCUT2D eigenvalue weighted by Gasteiger charge is -2.29. The molecule has 0 bridgehead atoms. The summed E-state index contributed by atoms with van der Waals surface area (Å²) in [6.45, 7) is 1.87. The highest BCUT2D eigenvalue weighted by molar-refractivity contribution is 7.09. The number of nitrogens with zero attached hydrogens (tertiary/aromatic N) is 3. The molecule has 1 aliphatic carbocycles. The Bertz CT molecular complexity index is 862. The number of rotatable bonds is 2.